The van der Waals surface area contributed by atoms with Gasteiger partial charge < -0.3 is 20.1 Å². The van der Waals surface area contributed by atoms with Gasteiger partial charge in [0, 0.05) is 12.6 Å². The van der Waals surface area contributed by atoms with Crippen molar-refractivity contribution in [3.8, 4) is 11.5 Å². The molecule has 0 fully saturated rings. The van der Waals surface area contributed by atoms with Gasteiger partial charge in [-0.3, -0.25) is 9.59 Å². The molecule has 0 saturated heterocycles. The second kappa shape index (κ2) is 7.44. The first kappa shape index (κ1) is 17.1. The minimum Gasteiger partial charge on any atom is -0.486 e. The Labute approximate surface area is 150 Å². The number of anilines is 1. The summed E-state index contributed by atoms with van der Waals surface area (Å²) in [5, 5.41) is 5.70. The molecule has 0 unspecified atom stereocenters. The van der Waals surface area contributed by atoms with Gasteiger partial charge in [0.15, 0.2) is 11.5 Å². The van der Waals surface area contributed by atoms with Gasteiger partial charge in [0.2, 0.25) is 5.91 Å². The monoisotopic (exact) mass is 360 g/mol. The quantitative estimate of drug-likeness (QED) is 0.879. The van der Waals surface area contributed by atoms with Crippen LogP contribution in [0.5, 0.6) is 11.5 Å². The lowest BCUT2D eigenvalue weighted by Gasteiger charge is -2.26. The van der Waals surface area contributed by atoms with Gasteiger partial charge in [-0.05, 0) is 30.3 Å². The van der Waals surface area contributed by atoms with Crippen molar-refractivity contribution in [2.45, 2.75) is 13.0 Å². The molecule has 2 aromatic carbocycles. The largest absolute Gasteiger partial charge is 0.486 e. The highest BCUT2D eigenvalue weighted by Gasteiger charge is 2.22. The Morgan fingerprint density at radius 3 is 2.72 bits per heavy atom. The molecule has 130 valence electrons. The van der Waals surface area contributed by atoms with E-state index < -0.39 is 0 Å². The smallest absolute Gasteiger partial charge is 0.253 e. The summed E-state index contributed by atoms with van der Waals surface area (Å²) in [6.07, 6.45) is -0.295. The van der Waals surface area contributed by atoms with Crippen LogP contribution in [-0.2, 0) is 4.79 Å². The van der Waals surface area contributed by atoms with Crippen LogP contribution in [0, 0.1) is 0 Å². The predicted molar refractivity (Wildman–Crippen MR) is 94.4 cm³/mol. The van der Waals surface area contributed by atoms with Crippen LogP contribution in [-0.4, -0.2) is 31.1 Å². The Morgan fingerprint density at radius 1 is 1.20 bits per heavy atom. The third-order valence-corrected chi connectivity index (χ3v) is 3.92. The Balaban J connectivity index is 1.62. The number of amides is 2. The van der Waals surface area contributed by atoms with Crippen molar-refractivity contribution in [3.05, 3.63) is 53.1 Å². The second-order valence-corrected chi connectivity index (χ2v) is 5.99. The molecule has 0 radical (unpaired) electrons. The van der Waals surface area contributed by atoms with Gasteiger partial charge in [-0.15, -0.1) is 0 Å². The highest BCUT2D eigenvalue weighted by atomic mass is 35.5. The average molecular weight is 361 g/mol. The molecule has 1 aliphatic heterocycles. The zero-order valence-corrected chi connectivity index (χ0v) is 14.3. The molecule has 2 aromatic rings. The van der Waals surface area contributed by atoms with Crippen molar-refractivity contribution in [1.82, 2.24) is 5.32 Å². The topological polar surface area (TPSA) is 76.7 Å². The maximum Gasteiger partial charge on any atom is 0.253 e. The number of carbonyl (C=O) groups is 2. The maximum atomic E-state index is 12.4. The first-order chi connectivity index (χ1) is 12.0. The normalized spacial score (nSPS) is 15.4. The van der Waals surface area contributed by atoms with Crippen LogP contribution in [0.2, 0.25) is 5.02 Å². The summed E-state index contributed by atoms with van der Waals surface area (Å²) in [7, 11) is 0. The van der Waals surface area contributed by atoms with Gasteiger partial charge in [-0.2, -0.15) is 0 Å². The standard InChI is InChI=1S/C18H17ClN2O4/c1-11(22)21-12-6-7-15(19)14(8-12)18(23)20-9-13-10-24-16-4-2-3-5-17(16)25-13/h2-8,13H,9-10H2,1H3,(H,20,23)(H,21,22)/t13-/m0/s1. The summed E-state index contributed by atoms with van der Waals surface area (Å²) in [6.45, 7) is 2.01. The second-order valence-electron chi connectivity index (χ2n) is 5.58. The van der Waals surface area contributed by atoms with Gasteiger partial charge >= 0.3 is 0 Å². The number of nitrogens with one attached hydrogen (secondary N) is 2. The lowest BCUT2D eigenvalue weighted by Crippen LogP contribution is -2.40. The highest BCUT2D eigenvalue weighted by molar-refractivity contribution is 6.34. The van der Waals surface area contributed by atoms with E-state index in [0.29, 0.717) is 28.8 Å². The summed E-state index contributed by atoms with van der Waals surface area (Å²) in [6, 6.07) is 12.1. The number of halogens is 1. The van der Waals surface area contributed by atoms with Crippen molar-refractivity contribution in [3.63, 3.8) is 0 Å². The summed E-state index contributed by atoms with van der Waals surface area (Å²) in [5.41, 5.74) is 0.790. The maximum absolute atomic E-state index is 12.4. The highest BCUT2D eigenvalue weighted by Crippen LogP contribution is 2.30. The number of para-hydroxylation sites is 2. The van der Waals surface area contributed by atoms with Crippen LogP contribution < -0.4 is 20.1 Å². The number of hydrogen-bond donors (Lipinski definition) is 2. The van der Waals surface area contributed by atoms with Gasteiger partial charge in [0.1, 0.15) is 12.7 Å². The molecular weight excluding hydrogens is 344 g/mol. The van der Waals surface area contributed by atoms with Gasteiger partial charge in [-0.25, -0.2) is 0 Å². The third kappa shape index (κ3) is 4.22. The van der Waals surface area contributed by atoms with E-state index in [2.05, 4.69) is 10.6 Å². The summed E-state index contributed by atoms with van der Waals surface area (Å²) >= 11 is 6.09. The first-order valence-electron chi connectivity index (χ1n) is 7.77. The summed E-state index contributed by atoms with van der Waals surface area (Å²) in [5.74, 6) is 0.773. The Kier molecular flexibility index (Phi) is 5.09. The molecule has 1 heterocycles. The number of carbonyl (C=O) groups excluding carboxylic acids is 2. The van der Waals surface area contributed by atoms with Crippen molar-refractivity contribution in [2.75, 3.05) is 18.5 Å². The van der Waals surface area contributed by atoms with Gasteiger partial charge in [0.25, 0.3) is 5.91 Å². The third-order valence-electron chi connectivity index (χ3n) is 3.59. The molecule has 3 rings (SSSR count). The molecule has 0 saturated carbocycles. The number of fused-ring (bicyclic) bond motifs is 1. The molecular formula is C18H17ClN2O4. The van der Waals surface area contributed by atoms with E-state index in [4.69, 9.17) is 21.1 Å². The Hall–Kier alpha value is -2.73. The summed E-state index contributed by atoms with van der Waals surface area (Å²) in [4.78, 5) is 23.5. The minimum absolute atomic E-state index is 0.222. The molecule has 1 atom stereocenters. The van der Waals surface area contributed by atoms with E-state index in [-0.39, 0.29) is 30.0 Å². The molecule has 0 aliphatic carbocycles. The summed E-state index contributed by atoms with van der Waals surface area (Å²) < 4.78 is 11.4. The number of benzene rings is 2. The van der Waals surface area contributed by atoms with E-state index in [0.717, 1.165) is 0 Å². The van der Waals surface area contributed by atoms with Crippen LogP contribution in [0.15, 0.2) is 42.5 Å². The molecule has 1 aliphatic rings. The average Bonchev–Trinajstić information content (AvgIpc) is 2.60. The Bertz CT molecular complexity index is 809. The number of ether oxygens (including phenoxy) is 2. The van der Waals surface area contributed by atoms with Crippen molar-refractivity contribution in [2.24, 2.45) is 0 Å². The van der Waals surface area contributed by atoms with E-state index >= 15 is 0 Å². The number of rotatable bonds is 4. The van der Waals surface area contributed by atoms with E-state index in [1.165, 1.54) is 13.0 Å². The van der Waals surface area contributed by atoms with Crippen LogP contribution >= 0.6 is 11.6 Å². The molecule has 0 bridgehead atoms. The van der Waals surface area contributed by atoms with Crippen molar-refractivity contribution >= 4 is 29.1 Å². The fraction of sp³-hybridized carbons (Fsp3) is 0.222. The molecule has 7 heteroatoms. The fourth-order valence-electron chi connectivity index (χ4n) is 2.45. The van der Waals surface area contributed by atoms with Gasteiger partial charge in [-0.1, -0.05) is 23.7 Å². The zero-order chi connectivity index (χ0) is 17.8. The van der Waals surface area contributed by atoms with Crippen molar-refractivity contribution < 1.29 is 19.1 Å². The first-order valence-corrected chi connectivity index (χ1v) is 8.14. The zero-order valence-electron chi connectivity index (χ0n) is 13.5. The van der Waals surface area contributed by atoms with Crippen LogP contribution in [0.1, 0.15) is 17.3 Å². The molecule has 0 spiro atoms. The lowest BCUT2D eigenvalue weighted by atomic mass is 10.1. The van der Waals surface area contributed by atoms with Crippen molar-refractivity contribution in [1.29, 1.82) is 0 Å². The fourth-order valence-corrected chi connectivity index (χ4v) is 2.65. The minimum atomic E-state index is -0.348. The lowest BCUT2D eigenvalue weighted by molar-refractivity contribution is -0.114. The van der Waals surface area contributed by atoms with E-state index in [1.807, 2.05) is 24.3 Å². The SMILES string of the molecule is CC(=O)Nc1ccc(Cl)c(C(=O)NC[C@H]2COc3ccccc3O2)c1. The van der Waals surface area contributed by atoms with E-state index in [1.54, 1.807) is 12.1 Å². The van der Waals surface area contributed by atoms with E-state index in [9.17, 15) is 9.59 Å². The Morgan fingerprint density at radius 2 is 1.96 bits per heavy atom. The van der Waals surface area contributed by atoms with Crippen LogP contribution in [0.25, 0.3) is 0 Å². The molecule has 2 amide bonds. The molecule has 25 heavy (non-hydrogen) atoms. The van der Waals surface area contributed by atoms with Gasteiger partial charge in [0.05, 0.1) is 17.1 Å². The van der Waals surface area contributed by atoms with Crippen LogP contribution in [0.3, 0.4) is 0 Å². The van der Waals surface area contributed by atoms with Crippen LogP contribution in [0.4, 0.5) is 5.69 Å². The predicted octanol–water partition coefficient (Wildman–Crippen LogP) is 2.87. The molecule has 0 aromatic heterocycles. The molecule has 2 N–H and O–H groups in total. The number of hydrogen-bond acceptors (Lipinski definition) is 4. The molecule has 6 nitrogen and oxygen atoms in total.